The van der Waals surface area contributed by atoms with E-state index >= 15 is 0 Å². The van der Waals surface area contributed by atoms with Gasteiger partial charge in [-0.2, -0.15) is 0 Å². The van der Waals surface area contributed by atoms with Crippen LogP contribution in [-0.4, -0.2) is 54.7 Å². The van der Waals surface area contributed by atoms with Gasteiger partial charge in [0.15, 0.2) is 0 Å². The van der Waals surface area contributed by atoms with E-state index in [1.807, 2.05) is 39.8 Å². The molecule has 0 aliphatic rings. The van der Waals surface area contributed by atoms with Crippen molar-refractivity contribution in [2.45, 2.75) is 45.7 Å². The van der Waals surface area contributed by atoms with Crippen LogP contribution in [0.25, 0.3) is 0 Å². The normalized spacial score (nSPS) is 14.3. The SMILES string of the molecule is CC(C)C[C@@H](NC(=O)NC(C)CCN(C)C)C(=O)O. The molecule has 0 aromatic carbocycles. The number of urea groups is 1. The Morgan fingerprint density at radius 3 is 2.16 bits per heavy atom. The van der Waals surface area contributed by atoms with Crippen LogP contribution >= 0.6 is 0 Å². The molecule has 0 aromatic heterocycles. The van der Waals surface area contributed by atoms with Gasteiger partial charge in [-0.05, 0) is 46.3 Å². The summed E-state index contributed by atoms with van der Waals surface area (Å²) in [5, 5.41) is 14.3. The molecule has 0 aliphatic heterocycles. The van der Waals surface area contributed by atoms with Gasteiger partial charge in [-0.3, -0.25) is 0 Å². The van der Waals surface area contributed by atoms with Crippen molar-refractivity contribution in [3.05, 3.63) is 0 Å². The molecule has 2 amide bonds. The lowest BCUT2D eigenvalue weighted by molar-refractivity contribution is -0.139. The molecule has 1 unspecified atom stereocenters. The van der Waals surface area contributed by atoms with Gasteiger partial charge in [0.25, 0.3) is 0 Å². The molecule has 0 saturated heterocycles. The number of hydrogen-bond donors (Lipinski definition) is 3. The minimum atomic E-state index is -0.996. The molecular weight excluding hydrogens is 246 g/mol. The number of rotatable bonds is 8. The number of amides is 2. The number of nitrogens with zero attached hydrogens (tertiary/aromatic N) is 1. The fourth-order valence-corrected chi connectivity index (χ4v) is 1.64. The van der Waals surface area contributed by atoms with E-state index in [4.69, 9.17) is 5.11 Å². The van der Waals surface area contributed by atoms with Crippen molar-refractivity contribution in [2.75, 3.05) is 20.6 Å². The van der Waals surface area contributed by atoms with E-state index in [0.29, 0.717) is 6.42 Å². The highest BCUT2D eigenvalue weighted by atomic mass is 16.4. The summed E-state index contributed by atoms with van der Waals surface area (Å²) in [7, 11) is 3.94. The van der Waals surface area contributed by atoms with Crippen molar-refractivity contribution in [1.82, 2.24) is 15.5 Å². The molecule has 3 N–H and O–H groups in total. The van der Waals surface area contributed by atoms with Crippen molar-refractivity contribution >= 4 is 12.0 Å². The van der Waals surface area contributed by atoms with Crippen molar-refractivity contribution < 1.29 is 14.7 Å². The summed E-state index contributed by atoms with van der Waals surface area (Å²) < 4.78 is 0. The highest BCUT2D eigenvalue weighted by Crippen LogP contribution is 2.05. The highest BCUT2D eigenvalue weighted by Gasteiger charge is 2.21. The number of aliphatic carboxylic acids is 1. The lowest BCUT2D eigenvalue weighted by atomic mass is 10.0. The van der Waals surface area contributed by atoms with E-state index < -0.39 is 18.0 Å². The zero-order valence-corrected chi connectivity index (χ0v) is 12.6. The number of carboxylic acids is 1. The average Bonchev–Trinajstić information content (AvgIpc) is 2.24. The molecule has 0 heterocycles. The van der Waals surface area contributed by atoms with Crippen molar-refractivity contribution in [3.63, 3.8) is 0 Å². The van der Waals surface area contributed by atoms with Crippen molar-refractivity contribution in [3.8, 4) is 0 Å². The first kappa shape index (κ1) is 17.7. The monoisotopic (exact) mass is 273 g/mol. The molecule has 0 spiro atoms. The summed E-state index contributed by atoms with van der Waals surface area (Å²) >= 11 is 0. The molecule has 0 bridgehead atoms. The Bertz CT molecular complexity index is 293. The number of carbonyl (C=O) groups excluding carboxylic acids is 1. The van der Waals surface area contributed by atoms with Crippen LogP contribution < -0.4 is 10.6 Å². The van der Waals surface area contributed by atoms with E-state index in [9.17, 15) is 9.59 Å². The minimum Gasteiger partial charge on any atom is -0.480 e. The smallest absolute Gasteiger partial charge is 0.326 e. The van der Waals surface area contributed by atoms with Gasteiger partial charge in [0.1, 0.15) is 6.04 Å². The van der Waals surface area contributed by atoms with Gasteiger partial charge >= 0.3 is 12.0 Å². The lowest BCUT2D eigenvalue weighted by Crippen LogP contribution is -2.49. The Balaban J connectivity index is 4.15. The highest BCUT2D eigenvalue weighted by molar-refractivity contribution is 5.82. The van der Waals surface area contributed by atoms with Gasteiger partial charge in [0.2, 0.25) is 0 Å². The van der Waals surface area contributed by atoms with Crippen LogP contribution in [0.15, 0.2) is 0 Å². The molecule has 0 rings (SSSR count). The first-order valence-corrected chi connectivity index (χ1v) is 6.67. The molecule has 112 valence electrons. The second-order valence-corrected chi connectivity index (χ2v) is 5.63. The summed E-state index contributed by atoms with van der Waals surface area (Å²) in [6, 6.07) is -1.24. The number of nitrogens with one attached hydrogen (secondary N) is 2. The van der Waals surface area contributed by atoms with Crippen LogP contribution in [0, 0.1) is 5.92 Å². The van der Waals surface area contributed by atoms with Gasteiger partial charge in [0.05, 0.1) is 0 Å². The van der Waals surface area contributed by atoms with Crippen molar-refractivity contribution in [2.24, 2.45) is 5.92 Å². The quantitative estimate of drug-likeness (QED) is 0.619. The molecule has 0 aromatic rings. The Morgan fingerprint density at radius 2 is 1.74 bits per heavy atom. The number of carbonyl (C=O) groups is 2. The molecule has 6 nitrogen and oxygen atoms in total. The number of hydrogen-bond acceptors (Lipinski definition) is 3. The van der Waals surface area contributed by atoms with Crippen LogP contribution in [-0.2, 0) is 4.79 Å². The molecule has 0 aliphatic carbocycles. The Morgan fingerprint density at radius 1 is 1.16 bits per heavy atom. The van der Waals surface area contributed by atoms with Crippen LogP contribution in [0.4, 0.5) is 4.79 Å². The zero-order valence-electron chi connectivity index (χ0n) is 12.6. The van der Waals surface area contributed by atoms with Crippen LogP contribution in [0.3, 0.4) is 0 Å². The Kier molecular flexibility index (Phi) is 8.14. The summed E-state index contributed by atoms with van der Waals surface area (Å²) in [6.07, 6.45) is 1.25. The van der Waals surface area contributed by atoms with Gasteiger partial charge in [-0.1, -0.05) is 13.8 Å². The largest absolute Gasteiger partial charge is 0.480 e. The molecule has 2 atom stereocenters. The summed E-state index contributed by atoms with van der Waals surface area (Å²) in [5.74, 6) is -0.780. The van der Waals surface area contributed by atoms with E-state index in [0.717, 1.165) is 13.0 Å². The van der Waals surface area contributed by atoms with Crippen LogP contribution in [0.1, 0.15) is 33.6 Å². The van der Waals surface area contributed by atoms with E-state index in [-0.39, 0.29) is 12.0 Å². The summed E-state index contributed by atoms with van der Waals surface area (Å²) in [4.78, 5) is 24.8. The zero-order chi connectivity index (χ0) is 15.0. The molecule has 0 radical (unpaired) electrons. The van der Waals surface area contributed by atoms with E-state index in [2.05, 4.69) is 10.6 Å². The average molecular weight is 273 g/mol. The fraction of sp³-hybridized carbons (Fsp3) is 0.846. The maximum absolute atomic E-state index is 11.7. The van der Waals surface area contributed by atoms with Gasteiger partial charge < -0.3 is 20.6 Å². The van der Waals surface area contributed by atoms with Crippen molar-refractivity contribution in [1.29, 1.82) is 0 Å². The number of carboxylic acid groups (broad SMARTS) is 1. The summed E-state index contributed by atoms with van der Waals surface area (Å²) in [6.45, 7) is 6.63. The third-order valence-corrected chi connectivity index (χ3v) is 2.70. The lowest BCUT2D eigenvalue weighted by Gasteiger charge is -2.20. The minimum absolute atomic E-state index is 0.0101. The molecule has 19 heavy (non-hydrogen) atoms. The van der Waals surface area contributed by atoms with E-state index in [1.165, 1.54) is 0 Å². The topological polar surface area (TPSA) is 81.7 Å². The first-order chi connectivity index (χ1) is 8.72. The predicted molar refractivity (Wildman–Crippen MR) is 75.2 cm³/mol. The maximum Gasteiger partial charge on any atom is 0.326 e. The maximum atomic E-state index is 11.7. The van der Waals surface area contributed by atoms with Crippen LogP contribution in [0.2, 0.25) is 0 Å². The molecule has 0 saturated carbocycles. The first-order valence-electron chi connectivity index (χ1n) is 6.67. The molecule has 6 heteroatoms. The van der Waals surface area contributed by atoms with Gasteiger partial charge in [-0.15, -0.1) is 0 Å². The predicted octanol–water partition coefficient (Wildman–Crippen LogP) is 1.13. The van der Waals surface area contributed by atoms with Gasteiger partial charge in [0, 0.05) is 6.04 Å². The fourth-order valence-electron chi connectivity index (χ4n) is 1.64. The second-order valence-electron chi connectivity index (χ2n) is 5.63. The Labute approximate surface area is 115 Å². The third-order valence-electron chi connectivity index (χ3n) is 2.70. The summed E-state index contributed by atoms with van der Waals surface area (Å²) in [5.41, 5.74) is 0. The standard InChI is InChI=1S/C13H27N3O3/c1-9(2)8-11(12(17)18)15-13(19)14-10(3)6-7-16(4)5/h9-11H,6-8H2,1-5H3,(H,17,18)(H2,14,15,19)/t10?,11-/m1/s1. The molecule has 0 fully saturated rings. The Hall–Kier alpha value is -1.30. The van der Waals surface area contributed by atoms with Gasteiger partial charge in [-0.25, -0.2) is 9.59 Å². The molecular formula is C13H27N3O3. The second kappa shape index (κ2) is 8.74. The van der Waals surface area contributed by atoms with E-state index in [1.54, 1.807) is 0 Å². The third kappa shape index (κ3) is 9.30. The van der Waals surface area contributed by atoms with Crippen LogP contribution in [0.5, 0.6) is 0 Å².